The number of H-pyrrole nitrogens is 1. The first-order valence-corrected chi connectivity index (χ1v) is 8.06. The maximum absolute atomic E-state index is 4.43. The molecule has 0 aliphatic rings. The molecule has 1 N–H and O–H groups in total. The number of rotatable bonds is 10. The summed E-state index contributed by atoms with van der Waals surface area (Å²) in [7, 11) is 1.03. The summed E-state index contributed by atoms with van der Waals surface area (Å²) in [5, 5.41) is 0. The van der Waals surface area contributed by atoms with Crippen LogP contribution in [-0.4, -0.2) is 9.49 Å². The van der Waals surface area contributed by atoms with Gasteiger partial charge in [-0.2, -0.15) is 0 Å². The van der Waals surface area contributed by atoms with Crippen LogP contribution in [0.25, 0.3) is 0 Å². The average Bonchev–Trinajstić information content (AvgIpc) is 2.73. The van der Waals surface area contributed by atoms with Crippen molar-refractivity contribution in [2.45, 2.75) is 78.1 Å². The van der Waals surface area contributed by atoms with Crippen LogP contribution in [0.3, 0.4) is 0 Å². The molecule has 1 rings (SSSR count). The third-order valence-corrected chi connectivity index (χ3v) is 4.12. The number of unbranched alkanes of at least 4 members (excludes halogenated alkanes) is 8. The van der Waals surface area contributed by atoms with Gasteiger partial charge < -0.3 is 4.75 Å². The van der Waals surface area contributed by atoms with E-state index in [1.807, 2.05) is 0 Å². The van der Waals surface area contributed by atoms with Crippen molar-refractivity contribution in [2.24, 2.45) is 0 Å². The molecule has 0 aromatic carbocycles. The van der Waals surface area contributed by atoms with Crippen LogP contribution in [0.4, 0.5) is 0 Å². The lowest BCUT2D eigenvalue weighted by Crippen LogP contribution is -1.89. The Hall–Kier alpha value is -0.360. The molecule has 3 heteroatoms. The molecular weight excluding hydrogens is 227 g/mol. The first-order valence-electron chi connectivity index (χ1n) is 7.21. The number of nitrogens with zero attached hydrogens (tertiary/aromatic N) is 1. The van der Waals surface area contributed by atoms with Crippen LogP contribution in [0.15, 0.2) is 0 Å². The molecule has 0 aliphatic heterocycles. The summed E-state index contributed by atoms with van der Waals surface area (Å²) < 4.78 is 7.66. The molecule has 0 atom stereocenters. The standard InChI is InChI=1S/C14H27N2P/c1-3-4-5-6-7-8-9-10-11-12-14-13(2)15-17-16-14/h3-12H2,1-2H3,(H,15,16). The smallest absolute Gasteiger partial charge is 0.129 e. The minimum absolute atomic E-state index is 1.03. The summed E-state index contributed by atoms with van der Waals surface area (Å²) in [6.07, 6.45) is 13.8. The third-order valence-electron chi connectivity index (χ3n) is 3.34. The number of nitrogens with one attached hydrogen (secondary N) is 1. The predicted molar refractivity (Wildman–Crippen MR) is 76.8 cm³/mol. The number of hydrogen-bond acceptors (Lipinski definition) is 1. The van der Waals surface area contributed by atoms with Crippen LogP contribution >= 0.6 is 8.51 Å². The highest BCUT2D eigenvalue weighted by Gasteiger charge is 2.00. The van der Waals surface area contributed by atoms with Gasteiger partial charge in [-0.15, -0.1) is 0 Å². The van der Waals surface area contributed by atoms with Gasteiger partial charge >= 0.3 is 0 Å². The molecule has 0 bridgehead atoms. The second kappa shape index (κ2) is 9.65. The van der Waals surface area contributed by atoms with Crippen molar-refractivity contribution in [3.63, 3.8) is 0 Å². The highest BCUT2D eigenvalue weighted by Crippen LogP contribution is 2.13. The van der Waals surface area contributed by atoms with Gasteiger partial charge in [0.25, 0.3) is 0 Å². The van der Waals surface area contributed by atoms with Crippen molar-refractivity contribution in [3.05, 3.63) is 11.4 Å². The zero-order valence-corrected chi connectivity index (χ0v) is 12.4. The van der Waals surface area contributed by atoms with E-state index >= 15 is 0 Å². The lowest BCUT2D eigenvalue weighted by Gasteiger charge is -2.01. The average molecular weight is 254 g/mol. The quantitative estimate of drug-likeness (QED) is 0.558. The zero-order chi connectivity index (χ0) is 12.3. The van der Waals surface area contributed by atoms with Gasteiger partial charge in [-0.25, -0.2) is 4.75 Å². The van der Waals surface area contributed by atoms with E-state index in [2.05, 4.69) is 23.3 Å². The highest BCUT2D eigenvalue weighted by molar-refractivity contribution is 7.20. The van der Waals surface area contributed by atoms with E-state index in [9.17, 15) is 0 Å². The monoisotopic (exact) mass is 254 g/mol. The SMILES string of the molecule is CCCCCCCCCCCc1np[nH]c1C. The summed E-state index contributed by atoms with van der Waals surface area (Å²) >= 11 is 0. The molecule has 0 saturated carbocycles. The molecule has 0 saturated heterocycles. The van der Waals surface area contributed by atoms with E-state index in [-0.39, 0.29) is 0 Å². The molecule has 0 aliphatic carbocycles. The molecule has 1 aromatic rings. The predicted octanol–water partition coefficient (Wildman–Crippen LogP) is 5.37. The van der Waals surface area contributed by atoms with Gasteiger partial charge in [0.15, 0.2) is 0 Å². The first kappa shape index (κ1) is 14.7. The third kappa shape index (κ3) is 6.83. The number of aromatic nitrogens is 2. The van der Waals surface area contributed by atoms with E-state index in [1.165, 1.54) is 75.6 Å². The Morgan fingerprint density at radius 1 is 0.941 bits per heavy atom. The molecule has 17 heavy (non-hydrogen) atoms. The summed E-state index contributed by atoms with van der Waals surface area (Å²) in [4.78, 5) is 0. The summed E-state index contributed by atoms with van der Waals surface area (Å²) in [6, 6.07) is 0. The van der Waals surface area contributed by atoms with Crippen molar-refractivity contribution in [1.29, 1.82) is 0 Å². The van der Waals surface area contributed by atoms with Crippen molar-refractivity contribution < 1.29 is 0 Å². The topological polar surface area (TPSA) is 28.7 Å². The molecule has 0 unspecified atom stereocenters. The van der Waals surface area contributed by atoms with E-state index < -0.39 is 0 Å². The summed E-state index contributed by atoms with van der Waals surface area (Å²) in [5.41, 5.74) is 2.58. The molecule has 2 nitrogen and oxygen atoms in total. The second-order valence-corrected chi connectivity index (χ2v) is 5.59. The van der Waals surface area contributed by atoms with E-state index in [0.717, 1.165) is 8.51 Å². The molecule has 0 spiro atoms. The van der Waals surface area contributed by atoms with Crippen LogP contribution in [-0.2, 0) is 6.42 Å². The number of aryl methyl sites for hydroxylation is 2. The first-order chi connectivity index (χ1) is 8.34. The fourth-order valence-corrected chi connectivity index (χ4v) is 2.84. The fourth-order valence-electron chi connectivity index (χ4n) is 2.14. The molecule has 1 heterocycles. The van der Waals surface area contributed by atoms with Crippen molar-refractivity contribution in [3.8, 4) is 0 Å². The van der Waals surface area contributed by atoms with Gasteiger partial charge in [0.2, 0.25) is 0 Å². The maximum atomic E-state index is 4.43. The Morgan fingerprint density at radius 2 is 1.53 bits per heavy atom. The Bertz CT molecular complexity index is 284. The Morgan fingerprint density at radius 3 is 2.06 bits per heavy atom. The lowest BCUT2D eigenvalue weighted by atomic mass is 10.1. The van der Waals surface area contributed by atoms with Gasteiger partial charge in [0, 0.05) is 5.69 Å². The molecule has 0 radical (unpaired) electrons. The van der Waals surface area contributed by atoms with Gasteiger partial charge in [-0.05, 0) is 19.8 Å². The normalized spacial score (nSPS) is 11.4. The molecular formula is C14H27N2P. The van der Waals surface area contributed by atoms with Gasteiger partial charge in [0.1, 0.15) is 8.51 Å². The van der Waals surface area contributed by atoms with Crippen LogP contribution in [0.2, 0.25) is 0 Å². The molecule has 1 aromatic heterocycles. The summed E-state index contributed by atoms with van der Waals surface area (Å²) in [6.45, 7) is 4.41. The minimum atomic E-state index is 1.03. The Labute approximate surface area is 108 Å². The molecule has 0 amide bonds. The van der Waals surface area contributed by atoms with Crippen molar-refractivity contribution in [1.82, 2.24) is 9.49 Å². The maximum Gasteiger partial charge on any atom is 0.129 e. The molecule has 0 fully saturated rings. The molecule has 98 valence electrons. The Kier molecular flexibility index (Phi) is 8.34. The van der Waals surface area contributed by atoms with Crippen molar-refractivity contribution >= 4 is 8.51 Å². The Balaban J connectivity index is 1.86. The van der Waals surface area contributed by atoms with Gasteiger partial charge in [-0.1, -0.05) is 58.3 Å². The van der Waals surface area contributed by atoms with Gasteiger partial charge in [-0.3, -0.25) is 0 Å². The van der Waals surface area contributed by atoms with E-state index in [1.54, 1.807) is 0 Å². The van der Waals surface area contributed by atoms with Gasteiger partial charge in [0.05, 0.1) is 5.69 Å². The lowest BCUT2D eigenvalue weighted by molar-refractivity contribution is 0.563. The largest absolute Gasteiger partial charge is 0.325 e. The number of hydrogen-bond donors (Lipinski definition) is 1. The van der Waals surface area contributed by atoms with Crippen LogP contribution in [0.1, 0.15) is 76.1 Å². The van der Waals surface area contributed by atoms with Crippen LogP contribution in [0.5, 0.6) is 0 Å². The zero-order valence-electron chi connectivity index (χ0n) is 11.5. The summed E-state index contributed by atoms with van der Waals surface area (Å²) in [5.74, 6) is 0. The van der Waals surface area contributed by atoms with E-state index in [4.69, 9.17) is 0 Å². The van der Waals surface area contributed by atoms with Crippen molar-refractivity contribution in [2.75, 3.05) is 0 Å². The second-order valence-electron chi connectivity index (χ2n) is 4.96. The fraction of sp³-hybridized carbons (Fsp3) is 0.857. The van der Waals surface area contributed by atoms with Crippen LogP contribution in [0, 0.1) is 6.92 Å². The minimum Gasteiger partial charge on any atom is -0.325 e. The van der Waals surface area contributed by atoms with Crippen LogP contribution < -0.4 is 0 Å². The van der Waals surface area contributed by atoms with E-state index in [0.29, 0.717) is 0 Å². The number of aromatic amines is 1. The highest BCUT2D eigenvalue weighted by atomic mass is 31.1.